The predicted octanol–water partition coefficient (Wildman–Crippen LogP) is 2.51. The fourth-order valence-corrected chi connectivity index (χ4v) is 2.97. The SMILES string of the molecule is CCS(=O)(=O)Nc1ccc(C(=O)N[C@H](C)Cc2cccc(C)n2)cc1. The standard InChI is InChI=1S/C18H23N3O3S/c1-4-25(23,24)21-16-10-8-15(9-11-16)18(22)20-14(3)12-17-7-5-6-13(2)19-17/h5-11,14,21H,4,12H2,1-3H3,(H,20,22)/t14-/m1/s1. The van der Waals surface area contributed by atoms with Gasteiger partial charge in [-0.3, -0.25) is 14.5 Å². The van der Waals surface area contributed by atoms with E-state index in [-0.39, 0.29) is 17.7 Å². The number of pyridine rings is 1. The van der Waals surface area contributed by atoms with Crippen molar-refractivity contribution in [1.82, 2.24) is 10.3 Å². The van der Waals surface area contributed by atoms with Crippen molar-refractivity contribution >= 4 is 21.6 Å². The molecule has 1 aromatic carbocycles. The predicted molar refractivity (Wildman–Crippen MR) is 99.1 cm³/mol. The zero-order valence-corrected chi connectivity index (χ0v) is 15.4. The molecule has 1 atom stereocenters. The van der Waals surface area contributed by atoms with Crippen LogP contribution < -0.4 is 10.0 Å². The number of benzene rings is 1. The molecule has 0 saturated heterocycles. The Labute approximate surface area is 148 Å². The van der Waals surface area contributed by atoms with Crippen molar-refractivity contribution in [2.45, 2.75) is 33.2 Å². The molecule has 0 fully saturated rings. The topological polar surface area (TPSA) is 88.2 Å². The van der Waals surface area contributed by atoms with Crippen molar-refractivity contribution in [2.75, 3.05) is 10.5 Å². The van der Waals surface area contributed by atoms with Gasteiger partial charge in [-0.05, 0) is 57.2 Å². The Balaban J connectivity index is 1.96. The van der Waals surface area contributed by atoms with Crippen LogP contribution in [0.4, 0.5) is 5.69 Å². The van der Waals surface area contributed by atoms with Gasteiger partial charge >= 0.3 is 0 Å². The van der Waals surface area contributed by atoms with Crippen molar-refractivity contribution in [1.29, 1.82) is 0 Å². The van der Waals surface area contributed by atoms with E-state index in [4.69, 9.17) is 0 Å². The van der Waals surface area contributed by atoms with E-state index in [9.17, 15) is 13.2 Å². The monoisotopic (exact) mass is 361 g/mol. The summed E-state index contributed by atoms with van der Waals surface area (Å²) in [5.41, 5.74) is 2.79. The molecule has 0 saturated carbocycles. The number of hydrogen-bond acceptors (Lipinski definition) is 4. The number of rotatable bonds is 7. The zero-order chi connectivity index (χ0) is 18.4. The van der Waals surface area contributed by atoms with E-state index in [1.54, 1.807) is 31.2 Å². The maximum Gasteiger partial charge on any atom is 0.251 e. The Kier molecular flexibility index (Phi) is 6.14. The van der Waals surface area contributed by atoms with Gasteiger partial charge in [-0.25, -0.2) is 8.42 Å². The Morgan fingerprint density at radius 1 is 1.16 bits per heavy atom. The highest BCUT2D eigenvalue weighted by Gasteiger charge is 2.12. The molecule has 0 aliphatic heterocycles. The first-order valence-electron chi connectivity index (χ1n) is 8.13. The molecule has 0 aliphatic rings. The van der Waals surface area contributed by atoms with Crippen LogP contribution in [0.2, 0.25) is 0 Å². The lowest BCUT2D eigenvalue weighted by molar-refractivity contribution is 0.0940. The smallest absolute Gasteiger partial charge is 0.251 e. The van der Waals surface area contributed by atoms with Gasteiger partial charge in [0.05, 0.1) is 5.75 Å². The largest absolute Gasteiger partial charge is 0.349 e. The third kappa shape index (κ3) is 5.86. The van der Waals surface area contributed by atoms with Gasteiger partial charge in [0.1, 0.15) is 0 Å². The summed E-state index contributed by atoms with van der Waals surface area (Å²) in [6.07, 6.45) is 0.641. The maximum absolute atomic E-state index is 12.3. The first kappa shape index (κ1) is 18.9. The molecule has 1 heterocycles. The van der Waals surface area contributed by atoms with E-state index < -0.39 is 10.0 Å². The lowest BCUT2D eigenvalue weighted by Crippen LogP contribution is -2.34. The Morgan fingerprint density at radius 3 is 2.44 bits per heavy atom. The summed E-state index contributed by atoms with van der Waals surface area (Å²) in [7, 11) is -3.32. The fraction of sp³-hybridized carbons (Fsp3) is 0.333. The third-order valence-corrected chi connectivity index (χ3v) is 4.95. The van der Waals surface area contributed by atoms with Gasteiger partial charge in [0.2, 0.25) is 10.0 Å². The summed E-state index contributed by atoms with van der Waals surface area (Å²) < 4.78 is 25.5. The van der Waals surface area contributed by atoms with E-state index in [1.165, 1.54) is 0 Å². The van der Waals surface area contributed by atoms with Gasteiger partial charge in [-0.2, -0.15) is 0 Å². The molecule has 25 heavy (non-hydrogen) atoms. The maximum atomic E-state index is 12.3. The van der Waals surface area contributed by atoms with Crippen molar-refractivity contribution in [3.8, 4) is 0 Å². The van der Waals surface area contributed by atoms with Crippen LogP contribution in [0.5, 0.6) is 0 Å². The van der Waals surface area contributed by atoms with Crippen LogP contribution >= 0.6 is 0 Å². The number of nitrogens with zero attached hydrogens (tertiary/aromatic N) is 1. The molecule has 1 amide bonds. The molecule has 6 nitrogen and oxygen atoms in total. The molecular weight excluding hydrogens is 338 g/mol. The van der Waals surface area contributed by atoms with Crippen molar-refractivity contribution < 1.29 is 13.2 Å². The quantitative estimate of drug-likeness (QED) is 0.793. The second-order valence-corrected chi connectivity index (χ2v) is 7.94. The summed E-state index contributed by atoms with van der Waals surface area (Å²) >= 11 is 0. The van der Waals surface area contributed by atoms with Crippen LogP contribution in [-0.4, -0.2) is 31.1 Å². The summed E-state index contributed by atoms with van der Waals surface area (Å²) in [6, 6.07) is 12.1. The van der Waals surface area contributed by atoms with E-state index >= 15 is 0 Å². The Bertz CT molecular complexity index is 833. The minimum atomic E-state index is -3.32. The Hall–Kier alpha value is -2.41. The Morgan fingerprint density at radius 2 is 1.84 bits per heavy atom. The highest BCUT2D eigenvalue weighted by Crippen LogP contribution is 2.12. The zero-order valence-electron chi connectivity index (χ0n) is 14.6. The molecule has 134 valence electrons. The molecule has 0 bridgehead atoms. The number of nitrogens with one attached hydrogen (secondary N) is 2. The molecule has 2 N–H and O–H groups in total. The highest BCUT2D eigenvalue weighted by molar-refractivity contribution is 7.92. The average molecular weight is 361 g/mol. The molecule has 7 heteroatoms. The van der Waals surface area contributed by atoms with Crippen molar-refractivity contribution in [3.05, 3.63) is 59.4 Å². The van der Waals surface area contributed by atoms with E-state index in [0.29, 0.717) is 17.7 Å². The molecular formula is C18H23N3O3S. The molecule has 0 unspecified atom stereocenters. The van der Waals surface area contributed by atoms with Gasteiger partial charge in [0.25, 0.3) is 5.91 Å². The molecule has 0 spiro atoms. The van der Waals surface area contributed by atoms with Crippen LogP contribution in [0.25, 0.3) is 0 Å². The second kappa shape index (κ2) is 8.11. The number of hydrogen-bond donors (Lipinski definition) is 2. The van der Waals surface area contributed by atoms with Crippen LogP contribution in [0.15, 0.2) is 42.5 Å². The summed E-state index contributed by atoms with van der Waals surface area (Å²) in [6.45, 7) is 5.42. The lowest BCUT2D eigenvalue weighted by atomic mass is 10.1. The first-order chi connectivity index (χ1) is 11.8. The number of aryl methyl sites for hydroxylation is 1. The average Bonchev–Trinajstić information content (AvgIpc) is 2.55. The van der Waals surface area contributed by atoms with Crippen LogP contribution in [0, 0.1) is 6.92 Å². The number of aromatic nitrogens is 1. The van der Waals surface area contributed by atoms with Gasteiger partial charge in [-0.1, -0.05) is 6.07 Å². The van der Waals surface area contributed by atoms with Crippen LogP contribution in [0.3, 0.4) is 0 Å². The van der Waals surface area contributed by atoms with Gasteiger partial charge < -0.3 is 5.32 Å². The number of anilines is 1. The normalized spacial score (nSPS) is 12.4. The van der Waals surface area contributed by atoms with E-state index in [2.05, 4.69) is 15.0 Å². The molecule has 2 rings (SSSR count). The lowest BCUT2D eigenvalue weighted by Gasteiger charge is -2.14. The minimum Gasteiger partial charge on any atom is -0.349 e. The summed E-state index contributed by atoms with van der Waals surface area (Å²) in [4.78, 5) is 16.7. The molecule has 1 aromatic heterocycles. The van der Waals surface area contributed by atoms with Gasteiger partial charge in [0.15, 0.2) is 0 Å². The fourth-order valence-electron chi connectivity index (χ4n) is 2.33. The van der Waals surface area contributed by atoms with Crippen LogP contribution in [-0.2, 0) is 16.4 Å². The summed E-state index contributed by atoms with van der Waals surface area (Å²) in [5, 5.41) is 2.93. The van der Waals surface area contributed by atoms with E-state index in [0.717, 1.165) is 11.4 Å². The van der Waals surface area contributed by atoms with Crippen molar-refractivity contribution in [3.63, 3.8) is 0 Å². The van der Waals surface area contributed by atoms with E-state index in [1.807, 2.05) is 32.0 Å². The number of carbonyl (C=O) groups excluding carboxylic acids is 1. The molecule has 0 aliphatic carbocycles. The first-order valence-corrected chi connectivity index (χ1v) is 9.78. The third-order valence-electron chi connectivity index (χ3n) is 3.64. The van der Waals surface area contributed by atoms with Crippen molar-refractivity contribution in [2.24, 2.45) is 0 Å². The second-order valence-electron chi connectivity index (χ2n) is 5.93. The number of sulfonamides is 1. The highest BCUT2D eigenvalue weighted by atomic mass is 32.2. The van der Waals surface area contributed by atoms with Gasteiger partial charge in [-0.15, -0.1) is 0 Å². The van der Waals surface area contributed by atoms with Crippen LogP contribution in [0.1, 0.15) is 35.6 Å². The van der Waals surface area contributed by atoms with Gasteiger partial charge in [0, 0.05) is 35.1 Å². The number of carbonyl (C=O) groups is 1. The molecule has 2 aromatic rings. The molecule has 0 radical (unpaired) electrons. The number of amides is 1. The summed E-state index contributed by atoms with van der Waals surface area (Å²) in [5.74, 6) is -0.204. The minimum absolute atomic E-state index is 0.000250.